The highest BCUT2D eigenvalue weighted by Crippen LogP contribution is 2.52. The third-order valence-electron chi connectivity index (χ3n) is 5.48. The van der Waals surface area contributed by atoms with Crippen molar-refractivity contribution in [2.24, 2.45) is 0 Å². The van der Waals surface area contributed by atoms with E-state index < -0.39 is 0 Å². The second kappa shape index (κ2) is 10.2. The predicted molar refractivity (Wildman–Crippen MR) is 132 cm³/mol. The lowest BCUT2D eigenvalue weighted by atomic mass is 9.86. The van der Waals surface area contributed by atoms with Gasteiger partial charge in [0.05, 0.1) is 28.4 Å². The van der Waals surface area contributed by atoms with Crippen LogP contribution in [0.25, 0.3) is 11.1 Å². The molecule has 2 aromatic carbocycles. The Morgan fingerprint density at radius 3 is 2.00 bits per heavy atom. The summed E-state index contributed by atoms with van der Waals surface area (Å²) >= 11 is 4.24. The summed E-state index contributed by atoms with van der Waals surface area (Å²) in [5, 5.41) is 0. The van der Waals surface area contributed by atoms with Crippen LogP contribution in [0.3, 0.4) is 0 Å². The van der Waals surface area contributed by atoms with Crippen molar-refractivity contribution in [2.75, 3.05) is 28.4 Å². The van der Waals surface area contributed by atoms with E-state index in [1.54, 1.807) is 28.4 Å². The molecule has 0 heterocycles. The van der Waals surface area contributed by atoms with Crippen LogP contribution in [0.4, 0.5) is 0 Å². The molecular weight excluding hydrogens is 582 g/mol. The minimum absolute atomic E-state index is 0.425. The highest BCUT2D eigenvalue weighted by atomic mass is 128. The van der Waals surface area contributed by atoms with Crippen LogP contribution in [0.15, 0.2) is 12.1 Å². The molecule has 0 amide bonds. The molecule has 1 aliphatic rings. The molecule has 0 aliphatic heterocycles. The van der Waals surface area contributed by atoms with Crippen LogP contribution < -0.4 is 18.9 Å². The minimum atomic E-state index is 0.425. The van der Waals surface area contributed by atoms with E-state index >= 15 is 0 Å². The average molecular weight is 610 g/mol. The van der Waals surface area contributed by atoms with Crippen LogP contribution in [0.5, 0.6) is 23.0 Å². The van der Waals surface area contributed by atoms with Gasteiger partial charge < -0.3 is 18.9 Å². The fourth-order valence-corrected chi connectivity index (χ4v) is 4.35. The van der Waals surface area contributed by atoms with Crippen LogP contribution in [0, 0.1) is 13.8 Å². The SMILES string of the molecule is COc1cc2c(c(OC)c1OC)-c1cc(C)c(OC)c(C)c1C(C)CC2.II. The number of fused-ring (bicyclic) bond motifs is 3. The third kappa shape index (κ3) is 4.04. The maximum absolute atomic E-state index is 5.82. The molecule has 154 valence electrons. The number of halogens is 2. The number of rotatable bonds is 4. The van der Waals surface area contributed by atoms with Gasteiger partial charge in [-0.15, -0.1) is 0 Å². The number of hydrogen-bond donors (Lipinski definition) is 0. The van der Waals surface area contributed by atoms with Gasteiger partial charge >= 0.3 is 0 Å². The molecule has 0 aromatic heterocycles. The Bertz CT molecular complexity index is 849. The summed E-state index contributed by atoms with van der Waals surface area (Å²) in [6.45, 7) is 6.53. The van der Waals surface area contributed by atoms with Gasteiger partial charge in [-0.2, -0.15) is 0 Å². The average Bonchev–Trinajstić information content (AvgIpc) is 2.84. The lowest BCUT2D eigenvalue weighted by Gasteiger charge is -2.23. The van der Waals surface area contributed by atoms with Crippen molar-refractivity contribution >= 4 is 37.2 Å². The second-order valence-corrected chi connectivity index (χ2v) is 6.93. The Kier molecular flexibility index (Phi) is 8.54. The monoisotopic (exact) mass is 610 g/mol. The van der Waals surface area contributed by atoms with Gasteiger partial charge in [0.2, 0.25) is 5.75 Å². The van der Waals surface area contributed by atoms with Crippen molar-refractivity contribution in [3.63, 3.8) is 0 Å². The number of ether oxygens (including phenoxy) is 4. The van der Waals surface area contributed by atoms with Gasteiger partial charge in [-0.05, 0) is 72.6 Å². The second-order valence-electron chi connectivity index (χ2n) is 6.93. The van der Waals surface area contributed by atoms with Crippen LogP contribution in [0.1, 0.15) is 41.5 Å². The van der Waals surface area contributed by atoms with E-state index in [1.807, 2.05) is 0 Å². The van der Waals surface area contributed by atoms with Gasteiger partial charge in [-0.25, -0.2) is 0 Å². The molecule has 2 aromatic rings. The van der Waals surface area contributed by atoms with Crippen molar-refractivity contribution < 1.29 is 18.9 Å². The first-order valence-electron chi connectivity index (χ1n) is 9.12. The molecule has 0 saturated heterocycles. The molecule has 0 fully saturated rings. The maximum Gasteiger partial charge on any atom is 0.203 e. The van der Waals surface area contributed by atoms with E-state index in [0.29, 0.717) is 17.4 Å². The molecule has 0 spiro atoms. The fraction of sp³-hybridized carbons (Fsp3) is 0.455. The van der Waals surface area contributed by atoms with Crippen molar-refractivity contribution in [2.45, 2.75) is 39.5 Å². The lowest BCUT2D eigenvalue weighted by Crippen LogP contribution is -2.03. The summed E-state index contributed by atoms with van der Waals surface area (Å²) in [7, 11) is 6.74. The van der Waals surface area contributed by atoms with Gasteiger partial charge in [0.25, 0.3) is 0 Å². The summed E-state index contributed by atoms with van der Waals surface area (Å²) in [6, 6.07) is 4.31. The Morgan fingerprint density at radius 1 is 0.857 bits per heavy atom. The van der Waals surface area contributed by atoms with Crippen molar-refractivity contribution in [1.82, 2.24) is 0 Å². The zero-order valence-corrected chi connectivity index (χ0v) is 21.9. The summed E-state index contributed by atoms with van der Waals surface area (Å²) in [4.78, 5) is 0. The van der Waals surface area contributed by atoms with Gasteiger partial charge in [-0.3, -0.25) is 0 Å². The molecular formula is C22H28I2O4. The number of methoxy groups -OCH3 is 4. The topological polar surface area (TPSA) is 36.9 Å². The molecule has 0 saturated carbocycles. The highest BCUT2D eigenvalue weighted by Gasteiger charge is 2.29. The van der Waals surface area contributed by atoms with Crippen molar-refractivity contribution in [3.8, 4) is 34.1 Å². The standard InChI is InChI=1S/C22H28O4.I2/c1-12-8-9-15-11-17(23-4)21(25-6)22(26-7)19(15)16-10-13(2)20(24-5)14(3)18(12)16;1-2/h10-12H,8-9H2,1-7H3;. The summed E-state index contributed by atoms with van der Waals surface area (Å²) < 4.78 is 22.7. The van der Waals surface area contributed by atoms with E-state index in [-0.39, 0.29) is 0 Å². The molecule has 0 N–H and O–H groups in total. The van der Waals surface area contributed by atoms with Gasteiger partial charge in [0.1, 0.15) is 5.75 Å². The van der Waals surface area contributed by atoms with Crippen molar-refractivity contribution in [3.05, 3.63) is 34.4 Å². The molecule has 28 heavy (non-hydrogen) atoms. The Morgan fingerprint density at radius 2 is 1.46 bits per heavy atom. The van der Waals surface area contributed by atoms with Gasteiger partial charge in [0, 0.05) is 42.8 Å². The van der Waals surface area contributed by atoms with E-state index in [0.717, 1.165) is 35.5 Å². The minimum Gasteiger partial charge on any atom is -0.496 e. The van der Waals surface area contributed by atoms with Crippen LogP contribution >= 0.6 is 37.2 Å². The quantitative estimate of drug-likeness (QED) is 0.356. The van der Waals surface area contributed by atoms with Crippen LogP contribution in [0.2, 0.25) is 0 Å². The van der Waals surface area contributed by atoms with E-state index in [9.17, 15) is 0 Å². The zero-order valence-electron chi connectivity index (χ0n) is 17.5. The predicted octanol–water partition coefficient (Wildman–Crippen LogP) is 6.83. The Balaban J connectivity index is 0.00000136. The van der Waals surface area contributed by atoms with E-state index in [1.165, 1.54) is 22.3 Å². The van der Waals surface area contributed by atoms with Crippen LogP contribution in [-0.2, 0) is 6.42 Å². The van der Waals surface area contributed by atoms with E-state index in [4.69, 9.17) is 18.9 Å². The van der Waals surface area contributed by atoms with Crippen molar-refractivity contribution in [1.29, 1.82) is 0 Å². The molecule has 1 atom stereocenters. The molecule has 0 bridgehead atoms. The Hall–Kier alpha value is -0.900. The van der Waals surface area contributed by atoms with Gasteiger partial charge in [-0.1, -0.05) is 6.92 Å². The zero-order chi connectivity index (χ0) is 21.0. The molecule has 0 radical (unpaired) electrons. The first kappa shape index (κ1) is 23.4. The third-order valence-corrected chi connectivity index (χ3v) is 5.48. The molecule has 6 heteroatoms. The first-order valence-corrected chi connectivity index (χ1v) is 15.4. The number of benzene rings is 2. The maximum atomic E-state index is 5.82. The lowest BCUT2D eigenvalue weighted by molar-refractivity contribution is 0.324. The number of aryl methyl sites for hydroxylation is 2. The summed E-state index contributed by atoms with van der Waals surface area (Å²) in [5.74, 6) is 3.48. The van der Waals surface area contributed by atoms with Gasteiger partial charge in [0.15, 0.2) is 11.5 Å². The fourth-order valence-electron chi connectivity index (χ4n) is 4.35. The van der Waals surface area contributed by atoms with Crippen LogP contribution in [-0.4, -0.2) is 28.4 Å². The molecule has 3 rings (SSSR count). The highest BCUT2D eigenvalue weighted by molar-refractivity contribution is 15.0. The Labute approximate surface area is 191 Å². The largest absolute Gasteiger partial charge is 0.496 e. The normalized spacial score (nSPS) is 14.7. The molecule has 4 nitrogen and oxygen atoms in total. The first-order chi connectivity index (χ1) is 13.5. The smallest absolute Gasteiger partial charge is 0.203 e. The molecule has 1 unspecified atom stereocenters. The van der Waals surface area contributed by atoms with E-state index in [2.05, 4.69) is 70.1 Å². The molecule has 1 aliphatic carbocycles. The summed E-state index contributed by atoms with van der Waals surface area (Å²) in [5.41, 5.74) is 7.21. The summed E-state index contributed by atoms with van der Waals surface area (Å²) in [6.07, 6.45) is 2.02. The number of hydrogen-bond acceptors (Lipinski definition) is 4.